The molecule has 2 fully saturated rings. The SMILES string of the molecule is O=C1C[C@H]2[C@H](CO)[C@@H](OC(=O)c3ccccc3)C[C@H]2O1. The number of ether oxygens (including phenoxy) is 2. The Hall–Kier alpha value is -1.88. The first-order chi connectivity index (χ1) is 9.69. The van der Waals surface area contributed by atoms with Crippen LogP contribution in [-0.4, -0.2) is 35.9 Å². The van der Waals surface area contributed by atoms with Crippen molar-refractivity contribution in [3.05, 3.63) is 35.9 Å². The van der Waals surface area contributed by atoms with Crippen molar-refractivity contribution < 1.29 is 24.2 Å². The summed E-state index contributed by atoms with van der Waals surface area (Å²) in [6.45, 7) is -0.107. The minimum Gasteiger partial charge on any atom is -0.462 e. The molecule has 5 heteroatoms. The van der Waals surface area contributed by atoms with Crippen molar-refractivity contribution in [1.29, 1.82) is 0 Å². The Balaban J connectivity index is 1.69. The Kier molecular flexibility index (Phi) is 3.44. The van der Waals surface area contributed by atoms with Crippen molar-refractivity contribution in [3.8, 4) is 0 Å². The number of aliphatic hydroxyl groups is 1. The lowest BCUT2D eigenvalue weighted by atomic mass is 9.93. The second-order valence-electron chi connectivity index (χ2n) is 5.29. The van der Waals surface area contributed by atoms with Gasteiger partial charge in [0.25, 0.3) is 0 Å². The van der Waals surface area contributed by atoms with Crippen LogP contribution < -0.4 is 0 Å². The van der Waals surface area contributed by atoms with Gasteiger partial charge >= 0.3 is 11.9 Å². The minimum absolute atomic E-state index is 0.0407. The molecule has 0 aromatic heterocycles. The Labute approximate surface area is 116 Å². The third kappa shape index (κ3) is 2.29. The summed E-state index contributed by atoms with van der Waals surface area (Å²) in [5.74, 6) is -0.896. The Bertz CT molecular complexity index is 512. The number of esters is 2. The van der Waals surface area contributed by atoms with Crippen molar-refractivity contribution in [3.63, 3.8) is 0 Å². The van der Waals surface area contributed by atoms with E-state index in [1.807, 2.05) is 6.07 Å². The van der Waals surface area contributed by atoms with Crippen molar-refractivity contribution in [2.75, 3.05) is 6.61 Å². The van der Waals surface area contributed by atoms with Gasteiger partial charge in [0.1, 0.15) is 12.2 Å². The lowest BCUT2D eigenvalue weighted by molar-refractivity contribution is -0.141. The highest BCUT2D eigenvalue weighted by Gasteiger charge is 2.51. The predicted molar refractivity (Wildman–Crippen MR) is 68.8 cm³/mol. The zero-order valence-corrected chi connectivity index (χ0v) is 10.9. The Morgan fingerprint density at radius 3 is 2.80 bits per heavy atom. The van der Waals surface area contributed by atoms with Crippen molar-refractivity contribution in [1.82, 2.24) is 0 Å². The highest BCUT2D eigenvalue weighted by atomic mass is 16.6. The van der Waals surface area contributed by atoms with Crippen LogP contribution >= 0.6 is 0 Å². The van der Waals surface area contributed by atoms with Crippen LogP contribution in [0.15, 0.2) is 30.3 Å². The zero-order chi connectivity index (χ0) is 14.1. The Morgan fingerprint density at radius 1 is 1.35 bits per heavy atom. The zero-order valence-electron chi connectivity index (χ0n) is 10.9. The number of fused-ring (bicyclic) bond motifs is 1. The Morgan fingerprint density at radius 2 is 2.10 bits per heavy atom. The summed E-state index contributed by atoms with van der Waals surface area (Å²) < 4.78 is 10.7. The second kappa shape index (κ2) is 5.25. The van der Waals surface area contributed by atoms with E-state index in [4.69, 9.17) is 9.47 Å². The van der Waals surface area contributed by atoms with Crippen molar-refractivity contribution in [2.45, 2.75) is 25.0 Å². The molecule has 106 valence electrons. The van der Waals surface area contributed by atoms with Gasteiger partial charge in [0.15, 0.2) is 0 Å². The van der Waals surface area contributed by atoms with Gasteiger partial charge in [-0.2, -0.15) is 0 Å². The van der Waals surface area contributed by atoms with Crippen LogP contribution in [0, 0.1) is 11.8 Å². The topological polar surface area (TPSA) is 72.8 Å². The molecule has 0 bridgehead atoms. The minimum atomic E-state index is -0.402. The molecule has 1 N–H and O–H groups in total. The number of carbonyl (C=O) groups is 2. The second-order valence-corrected chi connectivity index (χ2v) is 5.29. The maximum atomic E-state index is 12.0. The molecule has 5 nitrogen and oxygen atoms in total. The van der Waals surface area contributed by atoms with Gasteiger partial charge in [-0.05, 0) is 12.1 Å². The molecule has 1 heterocycles. The monoisotopic (exact) mass is 276 g/mol. The van der Waals surface area contributed by atoms with Gasteiger partial charge in [0.05, 0.1) is 12.0 Å². The summed E-state index contributed by atoms with van der Waals surface area (Å²) in [4.78, 5) is 23.3. The van der Waals surface area contributed by atoms with E-state index in [1.165, 1.54) is 0 Å². The molecule has 1 aromatic carbocycles. The summed E-state index contributed by atoms with van der Waals surface area (Å²) in [6, 6.07) is 8.74. The molecular formula is C15H16O5. The summed E-state index contributed by atoms with van der Waals surface area (Å²) >= 11 is 0. The van der Waals surface area contributed by atoms with Crippen LogP contribution in [-0.2, 0) is 14.3 Å². The molecule has 1 saturated carbocycles. The van der Waals surface area contributed by atoms with E-state index in [0.29, 0.717) is 18.4 Å². The highest BCUT2D eigenvalue weighted by molar-refractivity contribution is 5.89. The normalized spacial score (nSPS) is 31.8. The number of hydrogen-bond acceptors (Lipinski definition) is 5. The van der Waals surface area contributed by atoms with Crippen LogP contribution in [0.3, 0.4) is 0 Å². The van der Waals surface area contributed by atoms with E-state index >= 15 is 0 Å². The summed E-state index contributed by atoms with van der Waals surface area (Å²) in [5, 5.41) is 9.50. The van der Waals surface area contributed by atoms with Gasteiger partial charge < -0.3 is 14.6 Å². The van der Waals surface area contributed by atoms with E-state index in [-0.39, 0.29) is 30.5 Å². The first kappa shape index (κ1) is 13.1. The number of carbonyl (C=O) groups excluding carboxylic acids is 2. The average Bonchev–Trinajstić information content (AvgIpc) is 2.95. The van der Waals surface area contributed by atoms with Gasteiger partial charge in [-0.15, -0.1) is 0 Å². The third-order valence-electron chi connectivity index (χ3n) is 4.13. The first-order valence-corrected chi connectivity index (χ1v) is 6.75. The van der Waals surface area contributed by atoms with Crippen molar-refractivity contribution in [2.24, 2.45) is 11.8 Å². The van der Waals surface area contributed by atoms with Crippen molar-refractivity contribution >= 4 is 11.9 Å². The van der Waals surface area contributed by atoms with Crippen LogP contribution in [0.25, 0.3) is 0 Å². The fourth-order valence-corrected chi connectivity index (χ4v) is 3.13. The standard InChI is InChI=1S/C15H16O5/c16-8-11-10-6-14(17)19-12(10)7-13(11)20-15(18)9-4-2-1-3-5-9/h1-5,10-13,16H,6-8H2/t10-,11-,12+,13-/m0/s1. The molecule has 0 amide bonds. The number of aliphatic hydroxyl groups excluding tert-OH is 1. The molecule has 1 saturated heterocycles. The summed E-state index contributed by atoms with van der Waals surface area (Å²) in [6.07, 6.45) is 0.152. The molecule has 1 aliphatic heterocycles. The molecule has 3 rings (SSSR count). The van der Waals surface area contributed by atoms with Crippen LogP contribution in [0.2, 0.25) is 0 Å². The predicted octanol–water partition coefficient (Wildman–Crippen LogP) is 1.16. The van der Waals surface area contributed by atoms with Gasteiger partial charge in [-0.25, -0.2) is 4.79 Å². The summed E-state index contributed by atoms with van der Waals surface area (Å²) in [7, 11) is 0. The van der Waals surface area contributed by atoms with Gasteiger partial charge in [-0.1, -0.05) is 18.2 Å². The van der Waals surface area contributed by atoms with E-state index in [9.17, 15) is 14.7 Å². The molecular weight excluding hydrogens is 260 g/mol. The molecule has 0 spiro atoms. The lowest BCUT2D eigenvalue weighted by Crippen LogP contribution is -2.28. The fraction of sp³-hybridized carbons (Fsp3) is 0.467. The smallest absolute Gasteiger partial charge is 0.338 e. The highest BCUT2D eigenvalue weighted by Crippen LogP contribution is 2.42. The van der Waals surface area contributed by atoms with E-state index in [1.54, 1.807) is 24.3 Å². The maximum Gasteiger partial charge on any atom is 0.338 e. The molecule has 0 unspecified atom stereocenters. The average molecular weight is 276 g/mol. The number of hydrogen-bond donors (Lipinski definition) is 1. The largest absolute Gasteiger partial charge is 0.462 e. The molecule has 1 aromatic rings. The van der Waals surface area contributed by atoms with E-state index < -0.39 is 12.1 Å². The number of rotatable bonds is 3. The molecule has 20 heavy (non-hydrogen) atoms. The molecule has 0 radical (unpaired) electrons. The van der Waals surface area contributed by atoms with E-state index in [2.05, 4.69) is 0 Å². The molecule has 1 aliphatic carbocycles. The quantitative estimate of drug-likeness (QED) is 0.839. The lowest BCUT2D eigenvalue weighted by Gasteiger charge is -2.20. The maximum absolute atomic E-state index is 12.0. The van der Waals surface area contributed by atoms with Crippen LogP contribution in [0.1, 0.15) is 23.2 Å². The van der Waals surface area contributed by atoms with Gasteiger partial charge in [0.2, 0.25) is 0 Å². The van der Waals surface area contributed by atoms with Crippen LogP contribution in [0.4, 0.5) is 0 Å². The van der Waals surface area contributed by atoms with Gasteiger partial charge in [0, 0.05) is 24.9 Å². The molecule has 2 aliphatic rings. The van der Waals surface area contributed by atoms with E-state index in [0.717, 1.165) is 0 Å². The summed E-state index contributed by atoms with van der Waals surface area (Å²) in [5.41, 5.74) is 0.484. The molecule has 4 atom stereocenters. The third-order valence-corrected chi connectivity index (χ3v) is 4.13. The first-order valence-electron chi connectivity index (χ1n) is 6.75. The number of benzene rings is 1. The van der Waals surface area contributed by atoms with Gasteiger partial charge in [-0.3, -0.25) is 4.79 Å². The van der Waals surface area contributed by atoms with Crippen LogP contribution in [0.5, 0.6) is 0 Å². The fourth-order valence-electron chi connectivity index (χ4n) is 3.13.